The molecular weight excluding hydrogens is 593 g/mol. The molecule has 1 atom stereocenters. The summed E-state index contributed by atoms with van der Waals surface area (Å²) in [5, 5.41) is 19.3. The number of rotatable bonds is 14. The molecule has 45 heavy (non-hydrogen) atoms. The summed E-state index contributed by atoms with van der Waals surface area (Å²) in [4.78, 5) is 29.6. The lowest BCUT2D eigenvalue weighted by atomic mass is 10.0. The van der Waals surface area contributed by atoms with Gasteiger partial charge in [-0.3, -0.25) is 13.8 Å². The maximum Gasteiger partial charge on any atom is 0.254 e. The molecule has 0 radical (unpaired) electrons. The van der Waals surface area contributed by atoms with Crippen LogP contribution in [0.3, 0.4) is 0 Å². The zero-order valence-corrected chi connectivity index (χ0v) is 27.2. The van der Waals surface area contributed by atoms with E-state index in [2.05, 4.69) is 10.2 Å². The van der Waals surface area contributed by atoms with Crippen molar-refractivity contribution in [2.75, 3.05) is 38.2 Å². The van der Waals surface area contributed by atoms with Gasteiger partial charge in [-0.25, -0.2) is 4.39 Å². The molecule has 11 heteroatoms. The maximum absolute atomic E-state index is 15.4. The molecule has 0 aromatic heterocycles. The lowest BCUT2D eigenvalue weighted by Gasteiger charge is -2.32. The number of nitrogens with one attached hydrogen (secondary N) is 3. The van der Waals surface area contributed by atoms with Crippen LogP contribution in [-0.4, -0.2) is 81.5 Å². The molecule has 3 N–H and O–H groups in total. The Morgan fingerprint density at radius 3 is 2.47 bits per heavy atom. The summed E-state index contributed by atoms with van der Waals surface area (Å²) in [6, 6.07) is 9.48. The zero-order valence-electron chi connectivity index (χ0n) is 26.4. The smallest absolute Gasteiger partial charge is 0.254 e. The molecule has 4 rings (SSSR count). The number of benzene rings is 2. The Labute approximate surface area is 267 Å². The van der Waals surface area contributed by atoms with Crippen molar-refractivity contribution in [2.24, 2.45) is 5.92 Å². The van der Waals surface area contributed by atoms with Gasteiger partial charge in [-0.1, -0.05) is 13.8 Å². The molecule has 2 aliphatic rings. The van der Waals surface area contributed by atoms with Gasteiger partial charge in [0, 0.05) is 72.7 Å². The van der Waals surface area contributed by atoms with Crippen LogP contribution in [0.5, 0.6) is 11.5 Å². The molecule has 2 aromatic carbocycles. The van der Waals surface area contributed by atoms with Crippen molar-refractivity contribution in [3.8, 4) is 11.5 Å². The molecule has 9 nitrogen and oxygen atoms in total. The normalized spacial score (nSPS) is 16.8. The molecule has 2 saturated heterocycles. The first kappa shape index (κ1) is 34.2. The van der Waals surface area contributed by atoms with E-state index in [9.17, 15) is 13.8 Å². The van der Waals surface area contributed by atoms with Crippen LogP contribution in [0.2, 0.25) is 0 Å². The molecule has 0 bridgehead atoms. The van der Waals surface area contributed by atoms with Crippen molar-refractivity contribution >= 4 is 34.0 Å². The monoisotopic (exact) mass is 637 g/mol. The molecule has 0 spiro atoms. The van der Waals surface area contributed by atoms with Gasteiger partial charge in [0.05, 0.1) is 11.3 Å². The van der Waals surface area contributed by atoms with Gasteiger partial charge in [0.15, 0.2) is 0 Å². The van der Waals surface area contributed by atoms with Gasteiger partial charge in [-0.15, -0.1) is 0 Å². The Morgan fingerprint density at radius 2 is 1.84 bits per heavy atom. The van der Waals surface area contributed by atoms with Gasteiger partial charge < -0.3 is 30.7 Å². The Morgan fingerprint density at radius 1 is 1.13 bits per heavy atom. The Balaban J connectivity index is 1.47. The van der Waals surface area contributed by atoms with Crippen molar-refractivity contribution in [1.29, 1.82) is 10.8 Å². The van der Waals surface area contributed by atoms with E-state index >= 15 is 4.39 Å². The van der Waals surface area contributed by atoms with Crippen LogP contribution >= 0.6 is 0 Å². The minimum absolute atomic E-state index is 0.000979. The first-order chi connectivity index (χ1) is 21.5. The second-order valence-corrected chi connectivity index (χ2v) is 13.6. The summed E-state index contributed by atoms with van der Waals surface area (Å²) in [6.45, 7) is 7.09. The highest BCUT2D eigenvalue weighted by Gasteiger charge is 2.26. The number of ether oxygens (including phenoxy) is 1. The number of amides is 2. The van der Waals surface area contributed by atoms with Crippen LogP contribution in [0, 0.1) is 22.6 Å². The van der Waals surface area contributed by atoms with Crippen LogP contribution in [0.1, 0.15) is 67.4 Å². The molecule has 0 saturated carbocycles. The summed E-state index contributed by atoms with van der Waals surface area (Å²) in [5.41, 5.74) is 1.68. The zero-order chi connectivity index (χ0) is 32.5. The highest BCUT2D eigenvalue weighted by molar-refractivity contribution is 7.84. The summed E-state index contributed by atoms with van der Waals surface area (Å²) in [6.07, 6.45) is 8.48. The molecule has 2 heterocycles. The highest BCUT2D eigenvalue weighted by Crippen LogP contribution is 2.31. The standard InChI is InChI=1S/C34H44FN5O4S/c1-23(2)30(36)11-12-31(37)24-7-9-27(10-8-24)44-32-21-28(29(35)20-25(32)22-40-16-4-6-33(40)41)34(42)38-26-13-17-39(18-14-26)15-5-19-45(3)43/h7-12,20-21,23,26,36-37H,4-6,13-19,22H2,1-3H3,(H,38,42)/b12-11-,36-30?,37-31?. The van der Waals surface area contributed by atoms with Crippen LogP contribution in [0.4, 0.5) is 4.39 Å². The van der Waals surface area contributed by atoms with Gasteiger partial charge in [0.1, 0.15) is 17.3 Å². The number of likely N-dealkylation sites (tertiary alicyclic amines) is 2. The molecule has 2 aliphatic heterocycles. The van der Waals surface area contributed by atoms with Gasteiger partial charge in [0.2, 0.25) is 5.91 Å². The molecule has 2 aromatic rings. The van der Waals surface area contributed by atoms with Gasteiger partial charge in [-0.05, 0) is 92.3 Å². The highest BCUT2D eigenvalue weighted by atomic mass is 32.2. The van der Waals surface area contributed by atoms with Crippen molar-refractivity contribution in [3.63, 3.8) is 0 Å². The number of carbonyl (C=O) groups excluding carboxylic acids is 2. The molecule has 2 amide bonds. The van der Waals surface area contributed by atoms with Crippen molar-refractivity contribution in [3.05, 3.63) is 71.1 Å². The van der Waals surface area contributed by atoms with E-state index in [0.717, 1.165) is 45.3 Å². The first-order valence-corrected chi connectivity index (χ1v) is 17.3. The lowest BCUT2D eigenvalue weighted by molar-refractivity contribution is -0.128. The van der Waals surface area contributed by atoms with Crippen LogP contribution in [0.25, 0.3) is 0 Å². The van der Waals surface area contributed by atoms with Crippen LogP contribution in [0.15, 0.2) is 48.6 Å². The third-order valence-corrected chi connectivity index (χ3v) is 9.06. The van der Waals surface area contributed by atoms with Crippen molar-refractivity contribution < 1.29 is 22.9 Å². The minimum atomic E-state index is -0.802. The van der Waals surface area contributed by atoms with Crippen molar-refractivity contribution in [2.45, 2.75) is 58.5 Å². The van der Waals surface area contributed by atoms with Crippen molar-refractivity contribution in [1.82, 2.24) is 15.1 Å². The maximum atomic E-state index is 15.4. The number of hydrogen-bond acceptors (Lipinski definition) is 7. The van der Waals surface area contributed by atoms with Gasteiger partial charge in [-0.2, -0.15) is 0 Å². The lowest BCUT2D eigenvalue weighted by Crippen LogP contribution is -2.45. The van der Waals surface area contributed by atoms with E-state index in [1.54, 1.807) is 47.6 Å². The fraction of sp³-hybridized carbons (Fsp3) is 0.471. The average Bonchev–Trinajstić information content (AvgIpc) is 3.41. The molecule has 2 fully saturated rings. The number of piperidine rings is 1. The summed E-state index contributed by atoms with van der Waals surface area (Å²) in [5.74, 6) is 0.296. The van der Waals surface area contributed by atoms with Gasteiger partial charge >= 0.3 is 0 Å². The van der Waals surface area contributed by atoms with Gasteiger partial charge in [0.25, 0.3) is 5.91 Å². The third-order valence-electron chi connectivity index (χ3n) is 8.20. The number of nitrogens with zero attached hydrogens (tertiary/aromatic N) is 2. The third kappa shape index (κ3) is 9.89. The summed E-state index contributed by atoms with van der Waals surface area (Å²) in [7, 11) is -0.802. The Hall–Kier alpha value is -3.70. The second kappa shape index (κ2) is 16.0. The fourth-order valence-electron chi connectivity index (χ4n) is 5.41. The van der Waals surface area contributed by atoms with E-state index in [1.165, 1.54) is 12.1 Å². The number of allylic oxidation sites excluding steroid dienone is 2. The minimum Gasteiger partial charge on any atom is -0.457 e. The van der Waals surface area contributed by atoms with Crippen LogP contribution < -0.4 is 10.1 Å². The molecule has 0 aliphatic carbocycles. The Kier molecular flexibility index (Phi) is 12.2. The number of hydrogen-bond donors (Lipinski definition) is 3. The van der Waals surface area contributed by atoms with Crippen LogP contribution in [-0.2, 0) is 22.1 Å². The van der Waals surface area contributed by atoms with E-state index in [0.29, 0.717) is 41.3 Å². The largest absolute Gasteiger partial charge is 0.457 e. The van der Waals surface area contributed by atoms with E-state index in [-0.39, 0.29) is 41.4 Å². The Bertz CT molecular complexity index is 1450. The average molecular weight is 638 g/mol. The number of halogens is 1. The molecule has 1 unspecified atom stereocenters. The number of carbonyl (C=O) groups is 2. The molecular formula is C34H44FN5O4S. The molecule has 242 valence electrons. The topological polar surface area (TPSA) is 127 Å². The predicted molar refractivity (Wildman–Crippen MR) is 177 cm³/mol. The van der Waals surface area contributed by atoms with E-state index in [4.69, 9.17) is 15.6 Å². The first-order valence-electron chi connectivity index (χ1n) is 15.6. The predicted octanol–water partition coefficient (Wildman–Crippen LogP) is 5.30. The summed E-state index contributed by atoms with van der Waals surface area (Å²) < 4.78 is 33.0. The summed E-state index contributed by atoms with van der Waals surface area (Å²) >= 11 is 0. The fourth-order valence-corrected chi connectivity index (χ4v) is 5.95. The quantitative estimate of drug-likeness (QED) is 0.242. The SMILES string of the molecule is CC(C)C(=N)/C=C\C(=N)c1ccc(Oc2cc(C(=O)NC3CCN(CCCS(C)=O)CC3)c(F)cc2CN2CCCC2=O)cc1. The van der Waals surface area contributed by atoms with E-state index < -0.39 is 22.5 Å². The second-order valence-electron chi connectivity index (χ2n) is 12.1. The van der Waals surface area contributed by atoms with E-state index in [1.807, 2.05) is 13.8 Å².